The van der Waals surface area contributed by atoms with E-state index in [1.54, 1.807) is 42.7 Å². The third kappa shape index (κ3) is 3.70. The van der Waals surface area contributed by atoms with E-state index >= 15 is 0 Å². The number of carbonyl (C=O) groups is 2. The van der Waals surface area contributed by atoms with Gasteiger partial charge < -0.3 is 14.5 Å². The Kier molecular flexibility index (Phi) is 4.28. The van der Waals surface area contributed by atoms with E-state index in [1.807, 2.05) is 0 Å². The molecule has 23 heavy (non-hydrogen) atoms. The Bertz CT molecular complexity index is 830. The van der Waals surface area contributed by atoms with Crippen LogP contribution < -0.4 is 5.32 Å². The van der Waals surface area contributed by atoms with Crippen molar-refractivity contribution in [2.75, 3.05) is 6.61 Å². The topological polar surface area (TPSA) is 94.3 Å². The largest absolute Gasteiger partial charge is 0.467 e. The highest BCUT2D eigenvalue weighted by Gasteiger charge is 2.11. The second-order valence-corrected chi connectivity index (χ2v) is 4.69. The van der Waals surface area contributed by atoms with E-state index in [2.05, 4.69) is 15.3 Å². The van der Waals surface area contributed by atoms with Crippen LogP contribution in [0.25, 0.3) is 11.0 Å². The predicted octanol–water partition coefficient (Wildman–Crippen LogP) is 1.70. The summed E-state index contributed by atoms with van der Waals surface area (Å²) < 4.78 is 10.1. The summed E-state index contributed by atoms with van der Waals surface area (Å²) in [5.74, 6) is -0.376. The monoisotopic (exact) mass is 311 g/mol. The van der Waals surface area contributed by atoms with Gasteiger partial charge in [0, 0.05) is 12.4 Å². The van der Waals surface area contributed by atoms with Gasteiger partial charge in [0.1, 0.15) is 5.76 Å². The molecule has 0 aliphatic heterocycles. The van der Waals surface area contributed by atoms with E-state index in [9.17, 15) is 9.59 Å². The van der Waals surface area contributed by atoms with Gasteiger partial charge in [0.25, 0.3) is 5.91 Å². The van der Waals surface area contributed by atoms with Crippen molar-refractivity contribution < 1.29 is 18.7 Å². The fourth-order valence-electron chi connectivity index (χ4n) is 1.95. The van der Waals surface area contributed by atoms with Crippen molar-refractivity contribution in [1.82, 2.24) is 15.3 Å². The molecule has 0 aliphatic rings. The molecule has 2 heterocycles. The number of nitrogens with zero attached hydrogens (tertiary/aromatic N) is 2. The molecule has 1 N–H and O–H groups in total. The second-order valence-electron chi connectivity index (χ2n) is 4.69. The number of aromatic nitrogens is 2. The van der Waals surface area contributed by atoms with Crippen molar-refractivity contribution in [3.63, 3.8) is 0 Å². The first-order chi connectivity index (χ1) is 11.2. The molecule has 3 rings (SSSR count). The summed E-state index contributed by atoms with van der Waals surface area (Å²) in [4.78, 5) is 31.8. The first-order valence-electron chi connectivity index (χ1n) is 6.89. The lowest BCUT2D eigenvalue weighted by Crippen LogP contribution is -2.28. The van der Waals surface area contributed by atoms with Crippen LogP contribution in [0.3, 0.4) is 0 Å². The summed E-state index contributed by atoms with van der Waals surface area (Å²) in [6.07, 6.45) is 4.63. The zero-order chi connectivity index (χ0) is 16.1. The lowest BCUT2D eigenvalue weighted by molar-refractivity contribution is -0.124. The van der Waals surface area contributed by atoms with E-state index in [-0.39, 0.29) is 13.2 Å². The molecule has 0 fully saturated rings. The molecule has 0 atom stereocenters. The Morgan fingerprint density at radius 3 is 2.74 bits per heavy atom. The second kappa shape index (κ2) is 6.69. The Labute approximate surface area is 131 Å². The number of rotatable bonds is 5. The fraction of sp³-hybridized carbons (Fsp3) is 0.125. The van der Waals surface area contributed by atoms with Crippen LogP contribution in [0.5, 0.6) is 0 Å². The number of hydrogen-bond acceptors (Lipinski definition) is 6. The van der Waals surface area contributed by atoms with Gasteiger partial charge in [0.05, 0.1) is 29.4 Å². The molecule has 0 radical (unpaired) electrons. The van der Waals surface area contributed by atoms with Crippen LogP contribution in [0.1, 0.15) is 16.1 Å². The van der Waals surface area contributed by atoms with Crippen LogP contribution in [0.15, 0.2) is 53.4 Å². The van der Waals surface area contributed by atoms with Gasteiger partial charge >= 0.3 is 5.97 Å². The molecule has 116 valence electrons. The number of hydrogen-bond donors (Lipinski definition) is 1. The summed E-state index contributed by atoms with van der Waals surface area (Å²) in [6, 6.07) is 8.30. The highest BCUT2D eigenvalue weighted by Crippen LogP contribution is 2.11. The molecule has 1 aromatic carbocycles. The Morgan fingerprint density at radius 1 is 1.13 bits per heavy atom. The summed E-state index contributed by atoms with van der Waals surface area (Å²) in [5.41, 5.74) is 1.58. The van der Waals surface area contributed by atoms with Crippen LogP contribution in [-0.2, 0) is 16.1 Å². The van der Waals surface area contributed by atoms with Gasteiger partial charge in [-0.1, -0.05) is 0 Å². The molecule has 7 nitrogen and oxygen atoms in total. The molecule has 7 heteroatoms. The van der Waals surface area contributed by atoms with E-state index in [4.69, 9.17) is 9.15 Å². The smallest absolute Gasteiger partial charge is 0.338 e. The van der Waals surface area contributed by atoms with Crippen molar-refractivity contribution in [2.24, 2.45) is 0 Å². The van der Waals surface area contributed by atoms with E-state index in [1.165, 1.54) is 6.26 Å². The molecular formula is C16H13N3O4. The van der Waals surface area contributed by atoms with Crippen molar-refractivity contribution in [2.45, 2.75) is 6.54 Å². The predicted molar refractivity (Wildman–Crippen MR) is 80.4 cm³/mol. The Hall–Kier alpha value is -3.22. The molecular weight excluding hydrogens is 298 g/mol. The third-order valence-electron chi connectivity index (χ3n) is 3.08. The minimum atomic E-state index is -0.592. The molecule has 0 unspecified atom stereocenters. The number of furan rings is 1. The molecule has 2 aromatic heterocycles. The van der Waals surface area contributed by atoms with Crippen LogP contribution >= 0.6 is 0 Å². The summed E-state index contributed by atoms with van der Waals surface area (Å²) >= 11 is 0. The Morgan fingerprint density at radius 2 is 1.96 bits per heavy atom. The van der Waals surface area contributed by atoms with Crippen molar-refractivity contribution in [1.29, 1.82) is 0 Å². The maximum absolute atomic E-state index is 12.0. The van der Waals surface area contributed by atoms with Gasteiger partial charge in [-0.25, -0.2) is 4.79 Å². The average Bonchev–Trinajstić information content (AvgIpc) is 3.11. The fourth-order valence-corrected chi connectivity index (χ4v) is 1.95. The standard InChI is InChI=1S/C16H13N3O4/c20-15(19-9-12-2-1-7-22-12)10-23-16(21)11-3-4-13-14(8-11)18-6-5-17-13/h1-8H,9-10H2,(H,19,20). The molecule has 0 spiro atoms. The first kappa shape index (κ1) is 14.7. The van der Waals surface area contributed by atoms with Crippen molar-refractivity contribution >= 4 is 22.9 Å². The zero-order valence-corrected chi connectivity index (χ0v) is 12.1. The number of nitrogens with one attached hydrogen (secondary N) is 1. The van der Waals surface area contributed by atoms with Gasteiger partial charge in [0.2, 0.25) is 0 Å². The minimum Gasteiger partial charge on any atom is -0.467 e. The normalized spacial score (nSPS) is 10.4. The maximum atomic E-state index is 12.0. The lowest BCUT2D eigenvalue weighted by atomic mass is 10.2. The van der Waals surface area contributed by atoms with Gasteiger partial charge in [-0.2, -0.15) is 0 Å². The molecule has 1 amide bonds. The molecule has 0 saturated heterocycles. The van der Waals surface area contributed by atoms with Gasteiger partial charge in [0.15, 0.2) is 6.61 Å². The first-order valence-corrected chi connectivity index (χ1v) is 6.89. The zero-order valence-electron chi connectivity index (χ0n) is 12.1. The maximum Gasteiger partial charge on any atom is 0.338 e. The molecule has 3 aromatic rings. The van der Waals surface area contributed by atoms with Crippen LogP contribution in [0, 0.1) is 0 Å². The number of esters is 1. The van der Waals surface area contributed by atoms with Crippen molar-refractivity contribution in [3.05, 3.63) is 60.3 Å². The van der Waals surface area contributed by atoms with Gasteiger partial charge in [-0.05, 0) is 30.3 Å². The van der Waals surface area contributed by atoms with Crippen LogP contribution in [0.2, 0.25) is 0 Å². The van der Waals surface area contributed by atoms with Gasteiger partial charge in [-0.15, -0.1) is 0 Å². The molecule has 0 bridgehead atoms. The summed E-state index contributed by atoms with van der Waals surface area (Å²) in [7, 11) is 0. The number of ether oxygens (including phenoxy) is 1. The summed E-state index contributed by atoms with van der Waals surface area (Å²) in [5, 5.41) is 2.59. The molecule has 0 aliphatic carbocycles. The summed E-state index contributed by atoms with van der Waals surface area (Å²) in [6.45, 7) is -0.118. The number of carbonyl (C=O) groups excluding carboxylic acids is 2. The molecule has 0 saturated carbocycles. The lowest BCUT2D eigenvalue weighted by Gasteiger charge is -2.06. The quantitative estimate of drug-likeness (QED) is 0.721. The average molecular weight is 311 g/mol. The van der Waals surface area contributed by atoms with Crippen LogP contribution in [0.4, 0.5) is 0 Å². The SMILES string of the molecule is O=C(COC(=O)c1ccc2nccnc2c1)NCc1ccco1. The Balaban J connectivity index is 1.54. The number of benzene rings is 1. The third-order valence-corrected chi connectivity index (χ3v) is 3.08. The highest BCUT2D eigenvalue weighted by atomic mass is 16.5. The van der Waals surface area contributed by atoms with E-state index < -0.39 is 11.9 Å². The number of amides is 1. The highest BCUT2D eigenvalue weighted by molar-refractivity contribution is 5.94. The van der Waals surface area contributed by atoms with E-state index in [0.717, 1.165) is 0 Å². The van der Waals surface area contributed by atoms with Crippen LogP contribution in [-0.4, -0.2) is 28.5 Å². The number of fused-ring (bicyclic) bond motifs is 1. The van der Waals surface area contributed by atoms with Gasteiger partial charge in [-0.3, -0.25) is 14.8 Å². The van der Waals surface area contributed by atoms with Crippen molar-refractivity contribution in [3.8, 4) is 0 Å². The minimum absolute atomic E-state index is 0.245. The van der Waals surface area contributed by atoms with E-state index in [0.29, 0.717) is 22.4 Å².